The Morgan fingerprint density at radius 2 is 1.67 bits per heavy atom. The van der Waals surface area contributed by atoms with Gasteiger partial charge in [0.05, 0.1) is 36.4 Å². The molecule has 2 fully saturated rings. The summed E-state index contributed by atoms with van der Waals surface area (Å²) in [6.45, 7) is 7.14. The lowest BCUT2D eigenvalue weighted by Crippen LogP contribution is -2.47. The fraction of sp³-hybridized carbons (Fsp3) is 0.353. The molecule has 0 unspecified atom stereocenters. The van der Waals surface area contributed by atoms with Gasteiger partial charge in [0, 0.05) is 44.1 Å². The lowest BCUT2D eigenvalue weighted by Gasteiger charge is -2.36. The minimum absolute atomic E-state index is 0.102. The van der Waals surface area contributed by atoms with Crippen LogP contribution in [0.25, 0.3) is 0 Å². The van der Waals surface area contributed by atoms with E-state index in [1.165, 1.54) is 17.7 Å². The van der Waals surface area contributed by atoms with Crippen molar-refractivity contribution in [3.63, 3.8) is 0 Å². The van der Waals surface area contributed by atoms with Crippen molar-refractivity contribution >= 4 is 63.8 Å². The van der Waals surface area contributed by atoms with Crippen molar-refractivity contribution in [2.75, 3.05) is 68.1 Å². The summed E-state index contributed by atoms with van der Waals surface area (Å²) in [5, 5.41) is 3.53. The number of thiocarbonyl (C=S) groups is 1. The van der Waals surface area contributed by atoms with Crippen LogP contribution < -0.4 is 19.9 Å². The van der Waals surface area contributed by atoms with E-state index in [0.717, 1.165) is 39.1 Å². The van der Waals surface area contributed by atoms with E-state index in [9.17, 15) is 14.4 Å². The number of hydrogen-bond acceptors (Lipinski definition) is 8. The van der Waals surface area contributed by atoms with Gasteiger partial charge in [0.2, 0.25) is 5.91 Å². The first-order chi connectivity index (χ1) is 22.3. The number of halogens is 1. The van der Waals surface area contributed by atoms with Crippen LogP contribution in [0.5, 0.6) is 5.75 Å². The highest BCUT2D eigenvalue weighted by Crippen LogP contribution is 2.33. The van der Waals surface area contributed by atoms with Gasteiger partial charge in [-0.3, -0.25) is 19.4 Å². The van der Waals surface area contributed by atoms with Crippen LogP contribution in [0.2, 0.25) is 5.02 Å². The first kappa shape index (κ1) is 33.2. The average molecular weight is 664 g/mol. The second-order valence-electron chi connectivity index (χ2n) is 11.1. The molecule has 2 aliphatic rings. The number of esters is 1. The molecule has 242 valence electrons. The average Bonchev–Trinajstić information content (AvgIpc) is 3.29. The van der Waals surface area contributed by atoms with E-state index in [-0.39, 0.29) is 24.8 Å². The number of carbonyl (C=O) groups is 3. The van der Waals surface area contributed by atoms with Gasteiger partial charge >= 0.3 is 5.97 Å². The maximum absolute atomic E-state index is 13.9. The van der Waals surface area contributed by atoms with Crippen LogP contribution in [-0.4, -0.2) is 91.7 Å². The molecular weight excluding hydrogens is 626 g/mol. The molecule has 10 nitrogen and oxygen atoms in total. The van der Waals surface area contributed by atoms with Crippen LogP contribution in [0, 0.1) is 0 Å². The number of nitrogens with one attached hydrogen (secondary N) is 1. The van der Waals surface area contributed by atoms with Crippen molar-refractivity contribution in [2.24, 2.45) is 0 Å². The highest BCUT2D eigenvalue weighted by Gasteiger charge is 2.44. The van der Waals surface area contributed by atoms with Crippen LogP contribution in [0.3, 0.4) is 0 Å². The zero-order chi connectivity index (χ0) is 32.6. The SMILES string of the molecule is CCOC(=O)c1ccc(NC(=O)C[C@@H]2C(=O)N(c3ccc(OC)c(Cl)c3)C(=S)N2CCCN2CCN(c3ccccc3)CC2)cc1. The van der Waals surface area contributed by atoms with E-state index in [2.05, 4.69) is 39.4 Å². The molecule has 1 atom stereocenters. The number of methoxy groups -OCH3 is 1. The van der Waals surface area contributed by atoms with Gasteiger partial charge in [-0.25, -0.2) is 4.79 Å². The summed E-state index contributed by atoms with van der Waals surface area (Å²) in [4.78, 5) is 47.2. The Hall–Kier alpha value is -4.19. The third-order valence-corrected chi connectivity index (χ3v) is 8.85. The number of carbonyl (C=O) groups excluding carboxylic acids is 3. The van der Waals surface area contributed by atoms with Crippen molar-refractivity contribution in [2.45, 2.75) is 25.8 Å². The summed E-state index contributed by atoms with van der Waals surface area (Å²) in [5.74, 6) is -0.591. The summed E-state index contributed by atoms with van der Waals surface area (Å²) in [5.41, 5.74) is 2.64. The molecule has 0 aliphatic carbocycles. The van der Waals surface area contributed by atoms with Crippen LogP contribution >= 0.6 is 23.8 Å². The Morgan fingerprint density at radius 1 is 0.957 bits per heavy atom. The fourth-order valence-electron chi connectivity index (χ4n) is 5.74. The van der Waals surface area contributed by atoms with Crippen molar-refractivity contribution in [3.05, 3.63) is 83.4 Å². The summed E-state index contributed by atoms with van der Waals surface area (Å²) in [7, 11) is 1.52. The molecule has 2 saturated heterocycles. The Balaban J connectivity index is 1.25. The summed E-state index contributed by atoms with van der Waals surface area (Å²) in [6, 6.07) is 21.1. The Kier molecular flexibility index (Phi) is 11.1. The third-order valence-electron chi connectivity index (χ3n) is 8.14. The number of anilines is 3. The van der Waals surface area contributed by atoms with Crippen LogP contribution in [0.15, 0.2) is 72.8 Å². The first-order valence-electron chi connectivity index (χ1n) is 15.4. The van der Waals surface area contributed by atoms with Gasteiger partial charge in [0.25, 0.3) is 5.91 Å². The van der Waals surface area contributed by atoms with Gasteiger partial charge in [-0.05, 0) is 86.7 Å². The van der Waals surface area contributed by atoms with Crippen molar-refractivity contribution in [1.29, 1.82) is 0 Å². The minimum atomic E-state index is -0.790. The topological polar surface area (TPSA) is 94.7 Å². The third kappa shape index (κ3) is 7.78. The Morgan fingerprint density at radius 3 is 2.33 bits per heavy atom. The number of benzene rings is 3. The number of piperazine rings is 1. The fourth-order valence-corrected chi connectivity index (χ4v) is 6.41. The zero-order valence-electron chi connectivity index (χ0n) is 26.0. The first-order valence-corrected chi connectivity index (χ1v) is 16.1. The minimum Gasteiger partial charge on any atom is -0.495 e. The number of ether oxygens (including phenoxy) is 2. The normalized spacial score (nSPS) is 16.9. The summed E-state index contributed by atoms with van der Waals surface area (Å²) in [6.07, 6.45) is 0.665. The molecule has 1 N–H and O–H groups in total. The molecule has 0 radical (unpaired) electrons. The molecule has 0 spiro atoms. The Labute approximate surface area is 279 Å². The van der Waals surface area contributed by atoms with E-state index < -0.39 is 12.0 Å². The maximum Gasteiger partial charge on any atom is 0.338 e. The van der Waals surface area contributed by atoms with Gasteiger partial charge < -0.3 is 24.6 Å². The predicted octanol–water partition coefficient (Wildman–Crippen LogP) is 5.07. The van der Waals surface area contributed by atoms with Crippen molar-refractivity contribution in [3.8, 4) is 5.75 Å². The van der Waals surface area contributed by atoms with Gasteiger partial charge in [0.1, 0.15) is 11.8 Å². The van der Waals surface area contributed by atoms with E-state index in [1.807, 2.05) is 11.0 Å². The van der Waals surface area contributed by atoms with Crippen LogP contribution in [0.4, 0.5) is 17.1 Å². The molecule has 2 heterocycles. The second-order valence-corrected chi connectivity index (χ2v) is 11.8. The quantitative estimate of drug-likeness (QED) is 0.211. The molecule has 0 aromatic heterocycles. The molecule has 2 aliphatic heterocycles. The second kappa shape index (κ2) is 15.4. The number of hydrogen-bond donors (Lipinski definition) is 1. The van der Waals surface area contributed by atoms with E-state index in [4.69, 9.17) is 33.3 Å². The number of rotatable bonds is 12. The molecule has 0 bridgehead atoms. The summed E-state index contributed by atoms with van der Waals surface area (Å²) >= 11 is 12.2. The van der Waals surface area contributed by atoms with E-state index in [1.54, 1.807) is 49.4 Å². The Bertz CT molecular complexity index is 1550. The molecule has 3 aromatic carbocycles. The molecule has 0 saturated carbocycles. The molecule has 5 rings (SSSR count). The molecule has 46 heavy (non-hydrogen) atoms. The largest absolute Gasteiger partial charge is 0.495 e. The standard InChI is InChI=1S/C34H38ClN5O5S/c1-3-45-33(43)24-10-12-25(13-11-24)36-31(41)23-29-32(42)40(27-14-15-30(44-2)28(35)22-27)34(46)39(29)17-7-16-37-18-20-38(21-19-37)26-8-5-4-6-9-26/h4-6,8-15,22,29H,3,7,16-21,23H2,1-2H3,(H,36,41)/t29-/m1/s1. The lowest BCUT2D eigenvalue weighted by atomic mass is 10.1. The maximum atomic E-state index is 13.9. The van der Waals surface area contributed by atoms with Gasteiger partial charge in [0.15, 0.2) is 5.11 Å². The van der Waals surface area contributed by atoms with Crippen LogP contribution in [-0.2, 0) is 14.3 Å². The zero-order valence-corrected chi connectivity index (χ0v) is 27.6. The number of para-hydroxylation sites is 1. The molecule has 12 heteroatoms. The molecular formula is C34H38ClN5O5S. The number of nitrogens with zero attached hydrogens (tertiary/aromatic N) is 4. The smallest absolute Gasteiger partial charge is 0.338 e. The predicted molar refractivity (Wildman–Crippen MR) is 184 cm³/mol. The van der Waals surface area contributed by atoms with Gasteiger partial charge in [-0.1, -0.05) is 29.8 Å². The molecule has 2 amide bonds. The highest BCUT2D eigenvalue weighted by atomic mass is 35.5. The monoisotopic (exact) mass is 663 g/mol. The van der Waals surface area contributed by atoms with Crippen LogP contribution in [0.1, 0.15) is 30.1 Å². The highest BCUT2D eigenvalue weighted by molar-refractivity contribution is 7.80. The van der Waals surface area contributed by atoms with Gasteiger partial charge in [-0.2, -0.15) is 0 Å². The van der Waals surface area contributed by atoms with Gasteiger partial charge in [-0.15, -0.1) is 0 Å². The summed E-state index contributed by atoms with van der Waals surface area (Å²) < 4.78 is 10.3. The van der Waals surface area contributed by atoms with E-state index in [0.29, 0.717) is 39.4 Å². The number of amides is 2. The molecule has 3 aromatic rings. The lowest BCUT2D eigenvalue weighted by molar-refractivity contribution is -0.124. The van der Waals surface area contributed by atoms with Crippen molar-refractivity contribution in [1.82, 2.24) is 9.80 Å². The van der Waals surface area contributed by atoms with E-state index >= 15 is 0 Å². The van der Waals surface area contributed by atoms with Crippen molar-refractivity contribution < 1.29 is 23.9 Å².